The van der Waals surface area contributed by atoms with Gasteiger partial charge in [-0.15, -0.1) is 13.2 Å². The van der Waals surface area contributed by atoms with Crippen LogP contribution in [-0.4, -0.2) is 35.8 Å². The quantitative estimate of drug-likeness (QED) is 0.489. The van der Waals surface area contributed by atoms with Gasteiger partial charge in [0.1, 0.15) is 5.75 Å². The van der Waals surface area contributed by atoms with E-state index in [1.165, 1.54) is 25.2 Å². The number of amides is 1. The third-order valence-corrected chi connectivity index (χ3v) is 2.79. The molecule has 0 aliphatic rings. The molecule has 0 radical (unpaired) electrons. The zero-order chi connectivity index (χ0) is 16.3. The Labute approximate surface area is 118 Å². The van der Waals surface area contributed by atoms with Gasteiger partial charge in [0.15, 0.2) is 5.54 Å². The van der Waals surface area contributed by atoms with Crippen molar-refractivity contribution in [1.82, 2.24) is 10.8 Å². The van der Waals surface area contributed by atoms with Crippen molar-refractivity contribution < 1.29 is 27.9 Å². The topological polar surface area (TPSA) is 94.4 Å². The number of hydrogen-bond acceptors (Lipinski definition) is 5. The van der Waals surface area contributed by atoms with Gasteiger partial charge in [0.05, 0.1) is 5.71 Å². The van der Waals surface area contributed by atoms with Crippen LogP contribution in [0.3, 0.4) is 0 Å². The summed E-state index contributed by atoms with van der Waals surface area (Å²) in [7, 11) is 1.27. The van der Waals surface area contributed by atoms with Gasteiger partial charge in [-0.2, -0.15) is 5.48 Å². The second-order valence-electron chi connectivity index (χ2n) is 4.23. The van der Waals surface area contributed by atoms with Gasteiger partial charge < -0.3 is 20.7 Å². The Morgan fingerprint density at radius 1 is 1.33 bits per heavy atom. The van der Waals surface area contributed by atoms with Crippen molar-refractivity contribution in [3.8, 4) is 5.75 Å². The molecule has 1 amide bonds. The molecule has 9 heteroatoms. The van der Waals surface area contributed by atoms with Crippen molar-refractivity contribution in [3.05, 3.63) is 29.8 Å². The van der Waals surface area contributed by atoms with Crippen LogP contribution in [0.1, 0.15) is 12.5 Å². The molecule has 0 aliphatic carbocycles. The highest BCUT2D eigenvalue weighted by atomic mass is 19.4. The number of hydroxylamine groups is 1. The van der Waals surface area contributed by atoms with E-state index in [-0.39, 0.29) is 5.56 Å². The molecule has 0 heterocycles. The number of benzene rings is 1. The summed E-state index contributed by atoms with van der Waals surface area (Å²) < 4.78 is 40.9. The Balaban J connectivity index is 3.27. The zero-order valence-corrected chi connectivity index (χ0v) is 11.2. The molecule has 0 saturated carbocycles. The van der Waals surface area contributed by atoms with Crippen molar-refractivity contribution in [2.24, 2.45) is 0 Å². The average Bonchev–Trinajstić information content (AvgIpc) is 2.43. The molecule has 1 unspecified atom stereocenters. The van der Waals surface area contributed by atoms with Gasteiger partial charge in [0, 0.05) is 12.6 Å². The Hall–Kier alpha value is -2.13. The first kappa shape index (κ1) is 16.9. The molecule has 0 bridgehead atoms. The first-order valence-corrected chi connectivity index (χ1v) is 5.73. The Morgan fingerprint density at radius 2 is 1.90 bits per heavy atom. The van der Waals surface area contributed by atoms with Gasteiger partial charge in [0.2, 0.25) is 5.91 Å². The number of alkyl halides is 3. The zero-order valence-electron chi connectivity index (χ0n) is 11.2. The number of ether oxygens (including phenoxy) is 1. The molecule has 0 saturated heterocycles. The minimum absolute atomic E-state index is 0.275. The number of halogens is 3. The second-order valence-corrected chi connectivity index (χ2v) is 4.23. The van der Waals surface area contributed by atoms with Crippen LogP contribution in [0.4, 0.5) is 13.2 Å². The minimum atomic E-state index is -4.94. The standard InChI is InChI=1S/C12H14F3N3O3/c1-11(18-20,10(19)17-2)9(16)7-5-3-4-6-8(7)21-12(13,14)15/h3-6,16,18,20H,1-2H3,(H,17,19). The lowest BCUT2D eigenvalue weighted by Crippen LogP contribution is -2.58. The summed E-state index contributed by atoms with van der Waals surface area (Å²) in [6, 6.07) is 4.87. The van der Waals surface area contributed by atoms with Crippen LogP contribution in [0.2, 0.25) is 0 Å². The highest BCUT2D eigenvalue weighted by molar-refractivity contribution is 6.19. The fourth-order valence-corrected chi connectivity index (χ4v) is 1.63. The molecule has 1 atom stereocenters. The largest absolute Gasteiger partial charge is 0.573 e. The summed E-state index contributed by atoms with van der Waals surface area (Å²) in [5.41, 5.74) is -1.14. The summed E-state index contributed by atoms with van der Waals surface area (Å²) in [5.74, 6) is -1.43. The highest BCUT2D eigenvalue weighted by Gasteiger charge is 2.40. The van der Waals surface area contributed by atoms with Gasteiger partial charge in [-0.3, -0.25) is 4.79 Å². The average molecular weight is 305 g/mol. The first-order valence-electron chi connectivity index (χ1n) is 5.73. The number of carbonyl (C=O) groups excluding carboxylic acids is 1. The minimum Gasteiger partial charge on any atom is -0.405 e. The maximum absolute atomic E-state index is 12.4. The third-order valence-electron chi connectivity index (χ3n) is 2.79. The lowest BCUT2D eigenvalue weighted by molar-refractivity contribution is -0.274. The molecule has 0 aromatic heterocycles. The smallest absolute Gasteiger partial charge is 0.405 e. The van der Waals surface area contributed by atoms with Crippen molar-refractivity contribution in [2.75, 3.05) is 7.05 Å². The van der Waals surface area contributed by atoms with E-state index in [2.05, 4.69) is 10.1 Å². The first-order chi connectivity index (χ1) is 9.65. The fourth-order valence-electron chi connectivity index (χ4n) is 1.63. The SMILES string of the molecule is CNC(=O)C(C)(NO)C(=N)c1ccccc1OC(F)(F)F. The van der Waals surface area contributed by atoms with E-state index in [1.807, 2.05) is 0 Å². The predicted molar refractivity (Wildman–Crippen MR) is 67.3 cm³/mol. The van der Waals surface area contributed by atoms with Gasteiger partial charge in [-0.05, 0) is 19.1 Å². The molecule has 0 fully saturated rings. The van der Waals surface area contributed by atoms with Crippen LogP contribution in [0.25, 0.3) is 0 Å². The van der Waals surface area contributed by atoms with Crippen LogP contribution >= 0.6 is 0 Å². The van der Waals surface area contributed by atoms with Crippen molar-refractivity contribution in [3.63, 3.8) is 0 Å². The van der Waals surface area contributed by atoms with Gasteiger partial charge >= 0.3 is 6.36 Å². The Kier molecular flexibility index (Phi) is 4.92. The summed E-state index contributed by atoms with van der Waals surface area (Å²) >= 11 is 0. The fraction of sp³-hybridized carbons (Fsp3) is 0.333. The molecule has 1 aromatic rings. The molecule has 116 valence electrons. The van der Waals surface area contributed by atoms with Crippen molar-refractivity contribution in [2.45, 2.75) is 18.8 Å². The van der Waals surface area contributed by atoms with Crippen LogP contribution in [-0.2, 0) is 4.79 Å². The Morgan fingerprint density at radius 3 is 2.38 bits per heavy atom. The van der Waals surface area contributed by atoms with E-state index < -0.39 is 29.3 Å². The van der Waals surface area contributed by atoms with E-state index in [4.69, 9.17) is 10.6 Å². The third kappa shape index (κ3) is 3.70. The second kappa shape index (κ2) is 6.10. The number of likely N-dealkylation sites (N-methyl/N-ethyl adjacent to an activating group) is 1. The number of nitrogens with one attached hydrogen (secondary N) is 3. The molecule has 0 aliphatic heterocycles. The molecule has 4 N–H and O–H groups in total. The molecule has 21 heavy (non-hydrogen) atoms. The molecule has 6 nitrogen and oxygen atoms in total. The van der Waals surface area contributed by atoms with E-state index in [9.17, 15) is 18.0 Å². The monoisotopic (exact) mass is 305 g/mol. The van der Waals surface area contributed by atoms with Crippen molar-refractivity contribution in [1.29, 1.82) is 5.41 Å². The van der Waals surface area contributed by atoms with Gasteiger partial charge in [-0.1, -0.05) is 12.1 Å². The highest BCUT2D eigenvalue weighted by Crippen LogP contribution is 2.28. The summed E-state index contributed by atoms with van der Waals surface area (Å²) in [5, 5.41) is 19.3. The number of hydrogen-bond donors (Lipinski definition) is 4. The van der Waals surface area contributed by atoms with Crippen LogP contribution < -0.4 is 15.5 Å². The van der Waals surface area contributed by atoms with Crippen LogP contribution in [0.15, 0.2) is 24.3 Å². The number of carbonyl (C=O) groups is 1. The van der Waals surface area contributed by atoms with Crippen LogP contribution in [0.5, 0.6) is 5.75 Å². The maximum Gasteiger partial charge on any atom is 0.573 e. The normalized spacial score (nSPS) is 14.2. The molecule has 1 aromatic carbocycles. The van der Waals surface area contributed by atoms with Crippen LogP contribution in [0, 0.1) is 5.41 Å². The van der Waals surface area contributed by atoms with E-state index >= 15 is 0 Å². The van der Waals surface area contributed by atoms with Gasteiger partial charge in [0.25, 0.3) is 0 Å². The van der Waals surface area contributed by atoms with Gasteiger partial charge in [-0.25, -0.2) is 0 Å². The summed E-state index contributed by atoms with van der Waals surface area (Å²) in [6.07, 6.45) is -4.94. The molecule has 1 rings (SSSR count). The summed E-state index contributed by atoms with van der Waals surface area (Å²) in [4.78, 5) is 11.7. The van der Waals surface area contributed by atoms with E-state index in [1.54, 1.807) is 5.48 Å². The number of rotatable bonds is 5. The molecular formula is C12H14F3N3O3. The maximum atomic E-state index is 12.4. The molecular weight excluding hydrogens is 291 g/mol. The molecule has 0 spiro atoms. The lowest BCUT2D eigenvalue weighted by Gasteiger charge is -2.27. The Bertz CT molecular complexity index is 548. The number of para-hydroxylation sites is 1. The lowest BCUT2D eigenvalue weighted by atomic mass is 9.89. The summed E-state index contributed by atoms with van der Waals surface area (Å²) in [6.45, 7) is 1.15. The van der Waals surface area contributed by atoms with E-state index in [0.717, 1.165) is 13.0 Å². The van der Waals surface area contributed by atoms with Crippen molar-refractivity contribution >= 4 is 11.6 Å². The predicted octanol–water partition coefficient (Wildman–Crippen LogP) is 1.44. The van der Waals surface area contributed by atoms with E-state index in [0.29, 0.717) is 0 Å².